The van der Waals surface area contributed by atoms with Crippen LogP contribution in [0.4, 0.5) is 0 Å². The average Bonchev–Trinajstić information content (AvgIpc) is 2.18. The second-order valence-corrected chi connectivity index (χ2v) is 4.60. The first-order chi connectivity index (χ1) is 6.66. The molecule has 2 atom stereocenters. The van der Waals surface area contributed by atoms with E-state index < -0.39 is 0 Å². The molecule has 0 aromatic carbocycles. The van der Waals surface area contributed by atoms with Crippen molar-refractivity contribution < 1.29 is 5.11 Å². The molecule has 1 aliphatic carbocycles. The summed E-state index contributed by atoms with van der Waals surface area (Å²) in [5.41, 5.74) is 0. The Bertz CT molecular complexity index is 289. The van der Waals surface area contributed by atoms with Gasteiger partial charge in [-0.05, 0) is 10.7 Å². The van der Waals surface area contributed by atoms with E-state index in [2.05, 4.69) is 26.2 Å². The number of aliphatic hydroxyl groups excluding tert-OH is 1. The van der Waals surface area contributed by atoms with Crippen LogP contribution in [0.25, 0.3) is 0 Å². The number of thioether (sulfide) groups is 1. The molecule has 0 saturated carbocycles. The maximum Gasteiger partial charge on any atom is 0.0929 e. The topological polar surface area (TPSA) is 20.2 Å². The second-order valence-electron chi connectivity index (χ2n) is 3.21. The monoisotopic (exact) mass is 208 g/mol. The highest BCUT2D eigenvalue weighted by Gasteiger charge is 2.23. The zero-order chi connectivity index (χ0) is 10.6. The summed E-state index contributed by atoms with van der Waals surface area (Å²) in [7, 11) is 0. The fourth-order valence-electron chi connectivity index (χ4n) is 1.51. The smallest absolute Gasteiger partial charge is 0.0929 e. The fraction of sp³-hybridized carbons (Fsp3) is 0.333. The highest BCUT2D eigenvalue weighted by molar-refractivity contribution is 8.03. The van der Waals surface area contributed by atoms with Crippen LogP contribution in [0.5, 0.6) is 0 Å². The largest absolute Gasteiger partial charge is 0.512 e. The Hall–Kier alpha value is -0.890. The van der Waals surface area contributed by atoms with E-state index in [-0.39, 0.29) is 17.6 Å². The van der Waals surface area contributed by atoms with E-state index in [9.17, 15) is 5.11 Å². The van der Waals surface area contributed by atoms with Crippen LogP contribution in [-0.2, 0) is 0 Å². The van der Waals surface area contributed by atoms with Crippen molar-refractivity contribution >= 4 is 11.8 Å². The molecule has 0 radical (unpaired) electrons. The molecule has 0 bridgehead atoms. The highest BCUT2D eigenvalue weighted by atomic mass is 32.2. The average molecular weight is 208 g/mol. The number of rotatable bonds is 4. The summed E-state index contributed by atoms with van der Waals surface area (Å²) in [4.78, 5) is 1.09. The van der Waals surface area contributed by atoms with E-state index in [4.69, 9.17) is 0 Å². The van der Waals surface area contributed by atoms with Crippen molar-refractivity contribution in [2.24, 2.45) is 11.8 Å². The van der Waals surface area contributed by atoms with Crippen LogP contribution in [0, 0.1) is 11.8 Å². The third-order valence-corrected chi connectivity index (χ3v) is 3.15. The van der Waals surface area contributed by atoms with Gasteiger partial charge < -0.3 is 5.11 Å². The van der Waals surface area contributed by atoms with Gasteiger partial charge in [0.25, 0.3) is 0 Å². The number of hydrogen-bond donors (Lipinski definition) is 1. The number of aliphatic hydroxyl groups is 1. The van der Waals surface area contributed by atoms with Crippen molar-refractivity contribution in [3.63, 3.8) is 0 Å². The predicted molar refractivity (Wildman–Crippen MR) is 64.3 cm³/mol. The molecule has 2 unspecified atom stereocenters. The van der Waals surface area contributed by atoms with Gasteiger partial charge in [-0.25, -0.2) is 0 Å². The molecule has 0 amide bonds. The molecule has 0 aromatic heterocycles. The lowest BCUT2D eigenvalue weighted by Crippen LogP contribution is -2.15. The molecule has 1 rings (SSSR count). The minimum atomic E-state index is -0.00782. The summed E-state index contributed by atoms with van der Waals surface area (Å²) in [6.45, 7) is 9.72. The minimum absolute atomic E-state index is 0.00782. The molecule has 0 saturated heterocycles. The van der Waals surface area contributed by atoms with Crippen molar-refractivity contribution in [1.29, 1.82) is 0 Å². The van der Waals surface area contributed by atoms with Crippen LogP contribution < -0.4 is 0 Å². The van der Waals surface area contributed by atoms with Gasteiger partial charge in [0.2, 0.25) is 0 Å². The van der Waals surface area contributed by atoms with Gasteiger partial charge >= 0.3 is 0 Å². The summed E-state index contributed by atoms with van der Waals surface area (Å²) in [6.07, 6.45) is 7.96. The molecule has 0 aromatic rings. The molecule has 0 fully saturated rings. The van der Waals surface area contributed by atoms with E-state index in [1.807, 2.05) is 18.2 Å². The van der Waals surface area contributed by atoms with Gasteiger partial charge in [0.15, 0.2) is 0 Å². The Morgan fingerprint density at radius 1 is 1.29 bits per heavy atom. The standard InChI is InChI=1S/C12H16OS/c1-4-14-10(3)12-8-6-5-7-11(12)9(2)13/h5-8,11-13H,2-4H2,1H3. The van der Waals surface area contributed by atoms with Crippen molar-refractivity contribution in [3.8, 4) is 0 Å². The molecule has 0 heterocycles. The van der Waals surface area contributed by atoms with E-state index in [0.717, 1.165) is 10.7 Å². The SMILES string of the molecule is C=C(O)C1C=CC=CC1C(=C)SCC. The Morgan fingerprint density at radius 2 is 1.86 bits per heavy atom. The van der Waals surface area contributed by atoms with E-state index in [0.29, 0.717) is 0 Å². The van der Waals surface area contributed by atoms with Crippen LogP contribution in [0.2, 0.25) is 0 Å². The number of allylic oxidation sites excluding steroid dienone is 5. The summed E-state index contributed by atoms with van der Waals surface area (Å²) < 4.78 is 0. The van der Waals surface area contributed by atoms with Crippen LogP contribution >= 0.6 is 11.8 Å². The van der Waals surface area contributed by atoms with Gasteiger partial charge in [0.05, 0.1) is 5.76 Å². The van der Waals surface area contributed by atoms with Gasteiger partial charge in [-0.3, -0.25) is 0 Å². The molecule has 1 nitrogen and oxygen atoms in total. The molecule has 2 heteroatoms. The van der Waals surface area contributed by atoms with Gasteiger partial charge in [0, 0.05) is 11.8 Å². The van der Waals surface area contributed by atoms with Crippen LogP contribution in [0.3, 0.4) is 0 Å². The van der Waals surface area contributed by atoms with Gasteiger partial charge in [-0.2, -0.15) is 0 Å². The first-order valence-corrected chi connectivity index (χ1v) is 5.69. The molecule has 1 N–H and O–H groups in total. The third kappa shape index (κ3) is 2.55. The van der Waals surface area contributed by atoms with E-state index in [1.54, 1.807) is 11.8 Å². The molecule has 14 heavy (non-hydrogen) atoms. The molecule has 0 spiro atoms. The van der Waals surface area contributed by atoms with Crippen molar-refractivity contribution in [2.45, 2.75) is 6.92 Å². The zero-order valence-corrected chi connectivity index (χ0v) is 9.26. The fourth-order valence-corrected chi connectivity index (χ4v) is 2.30. The highest BCUT2D eigenvalue weighted by Crippen LogP contribution is 2.35. The maximum atomic E-state index is 9.43. The van der Waals surface area contributed by atoms with Crippen molar-refractivity contribution in [3.05, 3.63) is 48.1 Å². The Labute approximate surface area is 89.9 Å². The van der Waals surface area contributed by atoms with E-state index >= 15 is 0 Å². The third-order valence-electron chi connectivity index (χ3n) is 2.22. The lowest BCUT2D eigenvalue weighted by Gasteiger charge is -2.24. The second kappa shape index (κ2) is 5.11. The summed E-state index contributed by atoms with van der Waals surface area (Å²) >= 11 is 1.73. The Kier molecular flexibility index (Phi) is 4.08. The zero-order valence-electron chi connectivity index (χ0n) is 8.44. The summed E-state index contributed by atoms with van der Waals surface area (Å²) in [5, 5.41) is 9.43. The van der Waals surface area contributed by atoms with Crippen molar-refractivity contribution in [1.82, 2.24) is 0 Å². The van der Waals surface area contributed by atoms with E-state index in [1.165, 1.54) is 0 Å². The van der Waals surface area contributed by atoms with Crippen LogP contribution in [0.15, 0.2) is 48.1 Å². The normalized spacial score (nSPS) is 24.9. The van der Waals surface area contributed by atoms with Crippen molar-refractivity contribution in [2.75, 3.05) is 5.75 Å². The predicted octanol–water partition coefficient (Wildman–Crippen LogP) is 3.68. The van der Waals surface area contributed by atoms with Crippen LogP contribution in [0.1, 0.15) is 6.92 Å². The first-order valence-electron chi connectivity index (χ1n) is 4.71. The molecule has 76 valence electrons. The number of hydrogen-bond acceptors (Lipinski definition) is 2. The first kappa shape index (κ1) is 11.2. The lowest BCUT2D eigenvalue weighted by atomic mass is 9.87. The summed E-state index contributed by atoms with van der Waals surface area (Å²) in [5.74, 6) is 1.40. The Balaban J connectivity index is 2.75. The van der Waals surface area contributed by atoms with Gasteiger partial charge in [-0.15, -0.1) is 11.8 Å². The molecule has 1 aliphatic rings. The maximum absolute atomic E-state index is 9.43. The quantitative estimate of drug-likeness (QED) is 0.711. The molecular weight excluding hydrogens is 192 g/mol. The summed E-state index contributed by atoms with van der Waals surface area (Å²) in [6, 6.07) is 0. The molecule has 0 aliphatic heterocycles. The lowest BCUT2D eigenvalue weighted by molar-refractivity contribution is 0.339. The molecular formula is C12H16OS. The minimum Gasteiger partial charge on any atom is -0.512 e. The Morgan fingerprint density at radius 3 is 2.36 bits per heavy atom. The van der Waals surface area contributed by atoms with Gasteiger partial charge in [0.1, 0.15) is 0 Å². The van der Waals surface area contributed by atoms with Crippen LogP contribution in [-0.4, -0.2) is 10.9 Å². The van der Waals surface area contributed by atoms with Gasteiger partial charge in [-0.1, -0.05) is 44.4 Å².